The van der Waals surface area contributed by atoms with Crippen molar-refractivity contribution in [1.29, 1.82) is 0 Å². The first-order chi connectivity index (χ1) is 11.2. The first kappa shape index (κ1) is 14.7. The van der Waals surface area contributed by atoms with E-state index in [1.165, 1.54) is 0 Å². The zero-order valence-corrected chi connectivity index (χ0v) is 12.0. The molecule has 6 heteroatoms. The largest absolute Gasteiger partial charge is 0.306 e. The highest BCUT2D eigenvalue weighted by atomic mass is 16.5. The molecule has 0 unspecified atom stereocenters. The van der Waals surface area contributed by atoms with Crippen LogP contribution >= 0.6 is 0 Å². The number of hydrogen-bond donors (Lipinski definition) is 3. The van der Waals surface area contributed by atoms with Crippen LogP contribution in [0.5, 0.6) is 0 Å². The number of carbonyl (C=O) groups is 1. The van der Waals surface area contributed by atoms with E-state index in [0.29, 0.717) is 22.3 Å². The monoisotopic (exact) mass is 307 g/mol. The Kier molecular flexibility index (Phi) is 3.99. The summed E-state index contributed by atoms with van der Waals surface area (Å²) in [5.74, 6) is -0.119. The fourth-order valence-corrected chi connectivity index (χ4v) is 2.17. The van der Waals surface area contributed by atoms with Crippen LogP contribution in [-0.4, -0.2) is 21.1 Å². The second-order valence-corrected chi connectivity index (χ2v) is 4.86. The van der Waals surface area contributed by atoms with Gasteiger partial charge in [0, 0.05) is 5.56 Å². The van der Waals surface area contributed by atoms with Crippen LogP contribution in [0.25, 0.3) is 23.1 Å². The number of amides is 1. The summed E-state index contributed by atoms with van der Waals surface area (Å²) in [7, 11) is 0. The third kappa shape index (κ3) is 3.17. The van der Waals surface area contributed by atoms with Gasteiger partial charge >= 0.3 is 0 Å². The smallest absolute Gasteiger partial charge is 0.274 e. The maximum atomic E-state index is 12.0. The van der Waals surface area contributed by atoms with E-state index in [1.54, 1.807) is 60.1 Å². The number of hydrogen-bond acceptors (Lipinski definition) is 4. The lowest BCUT2D eigenvalue weighted by Crippen LogP contribution is -2.18. The fourth-order valence-electron chi connectivity index (χ4n) is 2.17. The molecule has 3 N–H and O–H groups in total. The molecule has 6 nitrogen and oxygen atoms in total. The molecule has 0 aliphatic heterocycles. The number of aromatic amines is 1. The Labute approximate surface area is 131 Å². The van der Waals surface area contributed by atoms with Gasteiger partial charge in [-0.2, -0.15) is 0 Å². The molecule has 23 heavy (non-hydrogen) atoms. The number of hydroxylamine groups is 1. The van der Waals surface area contributed by atoms with E-state index >= 15 is 0 Å². The molecule has 3 rings (SSSR count). The summed E-state index contributed by atoms with van der Waals surface area (Å²) in [6, 6.07) is 13.7. The van der Waals surface area contributed by atoms with Gasteiger partial charge in [-0.05, 0) is 35.9 Å². The molecule has 2 aromatic carbocycles. The van der Waals surface area contributed by atoms with Crippen LogP contribution in [0, 0.1) is 0 Å². The van der Waals surface area contributed by atoms with Crippen molar-refractivity contribution in [2.45, 2.75) is 0 Å². The van der Waals surface area contributed by atoms with Crippen LogP contribution in [0.3, 0.4) is 0 Å². The van der Waals surface area contributed by atoms with Crippen LogP contribution in [0.4, 0.5) is 0 Å². The molecule has 0 aliphatic rings. The number of aromatic nitrogens is 2. The second kappa shape index (κ2) is 6.25. The fraction of sp³-hybridized carbons (Fsp3) is 0. The maximum absolute atomic E-state index is 12.0. The van der Waals surface area contributed by atoms with Gasteiger partial charge in [0.25, 0.3) is 11.5 Å². The summed E-state index contributed by atoms with van der Waals surface area (Å²) in [6.45, 7) is 0. The number of benzene rings is 2. The van der Waals surface area contributed by atoms with Crippen molar-refractivity contribution >= 4 is 29.0 Å². The molecular formula is C17H13N3O3. The van der Waals surface area contributed by atoms with Gasteiger partial charge in [-0.15, -0.1) is 0 Å². The molecule has 0 spiro atoms. The molecule has 114 valence electrons. The van der Waals surface area contributed by atoms with Crippen LogP contribution in [0.2, 0.25) is 0 Å². The van der Waals surface area contributed by atoms with Gasteiger partial charge in [0.1, 0.15) is 5.82 Å². The van der Waals surface area contributed by atoms with Crippen LogP contribution in [0.15, 0.2) is 53.3 Å². The van der Waals surface area contributed by atoms with E-state index in [1.807, 2.05) is 6.07 Å². The number of nitrogens with one attached hydrogen (secondary N) is 2. The quantitative estimate of drug-likeness (QED) is 0.510. The molecule has 0 saturated heterocycles. The van der Waals surface area contributed by atoms with Gasteiger partial charge in [-0.3, -0.25) is 14.8 Å². The summed E-state index contributed by atoms with van der Waals surface area (Å²) < 4.78 is 0. The highest BCUT2D eigenvalue weighted by Crippen LogP contribution is 2.10. The van der Waals surface area contributed by atoms with Crippen molar-refractivity contribution in [3.05, 3.63) is 75.8 Å². The molecule has 1 aromatic heterocycles. The number of nitrogens with zero attached hydrogens (tertiary/aromatic N) is 1. The van der Waals surface area contributed by atoms with Gasteiger partial charge in [0.05, 0.1) is 10.9 Å². The average Bonchev–Trinajstić information content (AvgIpc) is 2.60. The van der Waals surface area contributed by atoms with Crippen molar-refractivity contribution in [3.63, 3.8) is 0 Å². The molecule has 0 fully saturated rings. The van der Waals surface area contributed by atoms with E-state index in [-0.39, 0.29) is 5.56 Å². The van der Waals surface area contributed by atoms with Crippen molar-refractivity contribution in [1.82, 2.24) is 15.4 Å². The minimum Gasteiger partial charge on any atom is -0.306 e. The molecule has 0 aliphatic carbocycles. The van der Waals surface area contributed by atoms with Crippen molar-refractivity contribution < 1.29 is 10.0 Å². The molecular weight excluding hydrogens is 294 g/mol. The molecule has 1 amide bonds. The number of fused-ring (bicyclic) bond motifs is 1. The minimum atomic E-state index is -0.568. The average molecular weight is 307 g/mol. The lowest BCUT2D eigenvalue weighted by molar-refractivity contribution is 0.0706. The Morgan fingerprint density at radius 3 is 2.57 bits per heavy atom. The maximum Gasteiger partial charge on any atom is 0.274 e. The van der Waals surface area contributed by atoms with E-state index in [4.69, 9.17) is 5.21 Å². The Bertz CT molecular complexity index is 943. The number of H-pyrrole nitrogens is 1. The number of para-hydroxylation sites is 1. The van der Waals surface area contributed by atoms with E-state index in [0.717, 1.165) is 5.56 Å². The highest BCUT2D eigenvalue weighted by Gasteiger charge is 2.03. The molecule has 3 aromatic rings. The SMILES string of the molecule is O=C(NO)c1ccc(/C=C/c2nc3ccccc3c(=O)[nH]2)cc1. The summed E-state index contributed by atoms with van der Waals surface area (Å²) in [4.78, 5) is 30.3. The van der Waals surface area contributed by atoms with Crippen LogP contribution in [-0.2, 0) is 0 Å². The first-order valence-electron chi connectivity index (χ1n) is 6.89. The predicted octanol–water partition coefficient (Wildman–Crippen LogP) is 2.21. The molecule has 0 radical (unpaired) electrons. The lowest BCUT2D eigenvalue weighted by Gasteiger charge is -2.00. The van der Waals surface area contributed by atoms with Gasteiger partial charge in [-0.1, -0.05) is 30.3 Å². The van der Waals surface area contributed by atoms with Crippen molar-refractivity contribution in [3.8, 4) is 0 Å². The Balaban J connectivity index is 1.88. The Morgan fingerprint density at radius 1 is 1.09 bits per heavy atom. The highest BCUT2D eigenvalue weighted by molar-refractivity contribution is 5.93. The van der Waals surface area contributed by atoms with Gasteiger partial charge in [0.2, 0.25) is 0 Å². The zero-order chi connectivity index (χ0) is 16.2. The van der Waals surface area contributed by atoms with Gasteiger partial charge in [0.15, 0.2) is 0 Å². The van der Waals surface area contributed by atoms with Gasteiger partial charge < -0.3 is 4.98 Å². The second-order valence-electron chi connectivity index (χ2n) is 4.86. The third-order valence-corrected chi connectivity index (χ3v) is 3.34. The van der Waals surface area contributed by atoms with E-state index in [9.17, 15) is 9.59 Å². The van der Waals surface area contributed by atoms with Gasteiger partial charge in [-0.25, -0.2) is 10.5 Å². The molecule has 0 bridgehead atoms. The molecule has 0 atom stereocenters. The molecule has 0 saturated carbocycles. The van der Waals surface area contributed by atoms with Crippen LogP contribution in [0.1, 0.15) is 21.7 Å². The summed E-state index contributed by atoms with van der Waals surface area (Å²) >= 11 is 0. The van der Waals surface area contributed by atoms with E-state index < -0.39 is 5.91 Å². The van der Waals surface area contributed by atoms with Crippen molar-refractivity contribution in [2.75, 3.05) is 0 Å². The van der Waals surface area contributed by atoms with Crippen molar-refractivity contribution in [2.24, 2.45) is 0 Å². The number of rotatable bonds is 3. The topological polar surface area (TPSA) is 95.1 Å². The number of carbonyl (C=O) groups excluding carboxylic acids is 1. The molecule has 1 heterocycles. The minimum absolute atomic E-state index is 0.190. The summed E-state index contributed by atoms with van der Waals surface area (Å²) in [5.41, 5.74) is 3.19. The van der Waals surface area contributed by atoms with E-state index in [2.05, 4.69) is 9.97 Å². The zero-order valence-electron chi connectivity index (χ0n) is 12.0. The normalized spacial score (nSPS) is 11.0. The summed E-state index contributed by atoms with van der Waals surface area (Å²) in [6.07, 6.45) is 3.46. The standard InChI is InChI=1S/C17H13N3O3/c21-16(20-23)12-8-5-11(6-9-12)7-10-15-18-14-4-2-1-3-13(14)17(22)19-15/h1-10,23H,(H,20,21)(H,18,19,22)/b10-7+. The Morgan fingerprint density at radius 2 is 1.83 bits per heavy atom. The lowest BCUT2D eigenvalue weighted by atomic mass is 10.1. The Hall–Kier alpha value is -3.25. The predicted molar refractivity (Wildman–Crippen MR) is 87.0 cm³/mol. The van der Waals surface area contributed by atoms with Crippen LogP contribution < -0.4 is 11.0 Å². The third-order valence-electron chi connectivity index (χ3n) is 3.34. The first-order valence-corrected chi connectivity index (χ1v) is 6.89. The summed E-state index contributed by atoms with van der Waals surface area (Å²) in [5, 5.41) is 9.11.